The summed E-state index contributed by atoms with van der Waals surface area (Å²) in [5.41, 5.74) is -0.445. The first-order chi connectivity index (χ1) is 8.43. The molecule has 0 aromatic heterocycles. The average Bonchev–Trinajstić information content (AvgIpc) is 2.28. The van der Waals surface area contributed by atoms with Gasteiger partial charge in [0.05, 0.1) is 5.56 Å². The molecular formula is C12H12O6. The van der Waals surface area contributed by atoms with Crippen LogP contribution >= 0.6 is 0 Å². The summed E-state index contributed by atoms with van der Waals surface area (Å²) in [6.45, 7) is 0. The standard InChI is InChI=1S/C12H12O6/c13-9(5-2-6-10(14)15)7-3-1-4-8(11(7)16)12(17)18/h1,3-4,16H,2,5-6H2,(H,14,15)(H,17,18). The van der Waals surface area contributed by atoms with Gasteiger partial charge in [-0.15, -0.1) is 0 Å². The smallest absolute Gasteiger partial charge is 0.339 e. The molecule has 0 heterocycles. The van der Waals surface area contributed by atoms with E-state index in [1.54, 1.807) is 0 Å². The number of ketones is 1. The average molecular weight is 252 g/mol. The van der Waals surface area contributed by atoms with Gasteiger partial charge in [0.25, 0.3) is 0 Å². The maximum absolute atomic E-state index is 11.7. The highest BCUT2D eigenvalue weighted by atomic mass is 16.4. The fourth-order valence-electron chi connectivity index (χ4n) is 1.48. The molecule has 1 aromatic carbocycles. The summed E-state index contributed by atoms with van der Waals surface area (Å²) >= 11 is 0. The topological polar surface area (TPSA) is 112 Å². The molecule has 0 saturated heterocycles. The number of benzene rings is 1. The molecule has 1 rings (SSSR count). The van der Waals surface area contributed by atoms with Crippen LogP contribution < -0.4 is 0 Å². The summed E-state index contributed by atoms with van der Waals surface area (Å²) in [5, 5.41) is 26.8. The zero-order valence-corrected chi connectivity index (χ0v) is 9.42. The Morgan fingerprint density at radius 3 is 2.17 bits per heavy atom. The van der Waals surface area contributed by atoms with Crippen LogP contribution in [0.25, 0.3) is 0 Å². The molecule has 0 aliphatic heterocycles. The first-order valence-corrected chi connectivity index (χ1v) is 5.23. The third-order valence-electron chi connectivity index (χ3n) is 2.36. The molecule has 0 bridgehead atoms. The number of hydrogen-bond acceptors (Lipinski definition) is 4. The lowest BCUT2D eigenvalue weighted by atomic mass is 10.0. The summed E-state index contributed by atoms with van der Waals surface area (Å²) in [5.74, 6) is -3.39. The zero-order chi connectivity index (χ0) is 13.7. The van der Waals surface area contributed by atoms with Crippen LogP contribution in [0.15, 0.2) is 18.2 Å². The number of carboxylic acid groups (broad SMARTS) is 2. The number of aromatic hydroxyl groups is 1. The molecule has 0 saturated carbocycles. The van der Waals surface area contributed by atoms with Gasteiger partial charge in [-0.2, -0.15) is 0 Å². The van der Waals surface area contributed by atoms with Crippen LogP contribution in [0, 0.1) is 0 Å². The van der Waals surface area contributed by atoms with E-state index in [1.165, 1.54) is 18.2 Å². The quantitative estimate of drug-likeness (QED) is 0.662. The lowest BCUT2D eigenvalue weighted by molar-refractivity contribution is -0.137. The summed E-state index contributed by atoms with van der Waals surface area (Å²) in [6, 6.07) is 3.85. The number of carbonyl (C=O) groups excluding carboxylic acids is 1. The normalized spacial score (nSPS) is 10.0. The van der Waals surface area contributed by atoms with Crippen LogP contribution in [0.5, 0.6) is 5.75 Å². The molecular weight excluding hydrogens is 240 g/mol. The molecule has 1 aromatic rings. The monoisotopic (exact) mass is 252 g/mol. The van der Waals surface area contributed by atoms with Crippen LogP contribution in [0.1, 0.15) is 40.0 Å². The SMILES string of the molecule is O=C(O)CCCC(=O)c1cccc(C(=O)O)c1O. The van der Waals surface area contributed by atoms with E-state index in [0.29, 0.717) is 0 Å². The number of carbonyl (C=O) groups is 3. The van der Waals surface area contributed by atoms with Crippen molar-refractivity contribution in [1.82, 2.24) is 0 Å². The number of aliphatic carboxylic acids is 1. The van der Waals surface area contributed by atoms with Gasteiger partial charge in [-0.05, 0) is 18.6 Å². The van der Waals surface area contributed by atoms with E-state index >= 15 is 0 Å². The molecule has 6 heteroatoms. The highest BCUT2D eigenvalue weighted by Gasteiger charge is 2.17. The molecule has 0 atom stereocenters. The molecule has 3 N–H and O–H groups in total. The van der Waals surface area contributed by atoms with E-state index < -0.39 is 23.5 Å². The van der Waals surface area contributed by atoms with Gasteiger partial charge >= 0.3 is 11.9 Å². The minimum absolute atomic E-state index is 0.0526. The van der Waals surface area contributed by atoms with E-state index in [1.807, 2.05) is 0 Å². The molecule has 0 aliphatic rings. The first kappa shape index (κ1) is 13.7. The fraction of sp³-hybridized carbons (Fsp3) is 0.250. The zero-order valence-electron chi connectivity index (χ0n) is 9.42. The maximum atomic E-state index is 11.7. The second-order valence-electron chi connectivity index (χ2n) is 3.68. The molecule has 0 amide bonds. The van der Waals surface area contributed by atoms with Crippen molar-refractivity contribution in [2.45, 2.75) is 19.3 Å². The maximum Gasteiger partial charge on any atom is 0.339 e. The predicted octanol–water partition coefficient (Wildman–Crippen LogP) is 1.53. The molecule has 96 valence electrons. The lowest BCUT2D eigenvalue weighted by Gasteiger charge is -2.05. The van der Waals surface area contributed by atoms with E-state index in [-0.39, 0.29) is 30.4 Å². The summed E-state index contributed by atoms with van der Waals surface area (Å²) in [7, 11) is 0. The minimum atomic E-state index is -1.33. The number of para-hydroxylation sites is 1. The van der Waals surface area contributed by atoms with E-state index in [4.69, 9.17) is 10.2 Å². The van der Waals surface area contributed by atoms with Gasteiger partial charge < -0.3 is 15.3 Å². The minimum Gasteiger partial charge on any atom is -0.506 e. The van der Waals surface area contributed by atoms with Crippen molar-refractivity contribution in [3.05, 3.63) is 29.3 Å². The van der Waals surface area contributed by atoms with E-state index in [0.717, 1.165) is 0 Å². The van der Waals surface area contributed by atoms with Crippen LogP contribution in [-0.2, 0) is 4.79 Å². The molecule has 0 aliphatic carbocycles. The van der Waals surface area contributed by atoms with Crippen molar-refractivity contribution in [2.24, 2.45) is 0 Å². The van der Waals surface area contributed by atoms with Gasteiger partial charge in [-0.1, -0.05) is 6.07 Å². The van der Waals surface area contributed by atoms with Crippen LogP contribution in [-0.4, -0.2) is 33.0 Å². The van der Waals surface area contributed by atoms with E-state index in [9.17, 15) is 19.5 Å². The Labute approximate surface area is 102 Å². The summed E-state index contributed by atoms with van der Waals surface area (Å²) in [6.07, 6.45) is -0.0566. The van der Waals surface area contributed by atoms with Crippen molar-refractivity contribution in [3.63, 3.8) is 0 Å². The Hall–Kier alpha value is -2.37. The molecule has 0 unspecified atom stereocenters. The van der Waals surface area contributed by atoms with Crippen LogP contribution in [0.3, 0.4) is 0 Å². The molecule has 6 nitrogen and oxygen atoms in total. The van der Waals surface area contributed by atoms with Crippen molar-refractivity contribution < 1.29 is 29.7 Å². The molecule has 0 spiro atoms. The van der Waals surface area contributed by atoms with Crippen molar-refractivity contribution in [2.75, 3.05) is 0 Å². The number of Topliss-reactive ketones (excluding diaryl/α,β-unsaturated/α-hetero) is 1. The van der Waals surface area contributed by atoms with Gasteiger partial charge in [-0.25, -0.2) is 4.79 Å². The van der Waals surface area contributed by atoms with Gasteiger partial charge in [0.15, 0.2) is 5.78 Å². The highest BCUT2D eigenvalue weighted by Crippen LogP contribution is 2.24. The molecule has 0 radical (unpaired) electrons. The van der Waals surface area contributed by atoms with Crippen molar-refractivity contribution in [3.8, 4) is 5.75 Å². The lowest BCUT2D eigenvalue weighted by Crippen LogP contribution is -2.05. The number of phenols is 1. The third kappa shape index (κ3) is 3.31. The fourth-order valence-corrected chi connectivity index (χ4v) is 1.48. The first-order valence-electron chi connectivity index (χ1n) is 5.23. The van der Waals surface area contributed by atoms with Gasteiger partial charge in [0.2, 0.25) is 0 Å². The van der Waals surface area contributed by atoms with Gasteiger partial charge in [0, 0.05) is 12.8 Å². The Morgan fingerprint density at radius 2 is 1.61 bits per heavy atom. The second kappa shape index (κ2) is 5.81. The summed E-state index contributed by atoms with van der Waals surface area (Å²) < 4.78 is 0. The number of hydrogen-bond donors (Lipinski definition) is 3. The molecule has 0 fully saturated rings. The Bertz CT molecular complexity index is 491. The molecule has 18 heavy (non-hydrogen) atoms. The third-order valence-corrected chi connectivity index (χ3v) is 2.36. The number of rotatable bonds is 6. The van der Waals surface area contributed by atoms with Crippen LogP contribution in [0.2, 0.25) is 0 Å². The van der Waals surface area contributed by atoms with Gasteiger partial charge in [-0.3, -0.25) is 9.59 Å². The number of carboxylic acids is 2. The highest BCUT2D eigenvalue weighted by molar-refractivity contribution is 6.02. The van der Waals surface area contributed by atoms with Crippen LogP contribution in [0.4, 0.5) is 0 Å². The largest absolute Gasteiger partial charge is 0.506 e. The Morgan fingerprint density at radius 1 is 1.00 bits per heavy atom. The Balaban J connectivity index is 2.83. The Kier molecular flexibility index (Phi) is 4.42. The summed E-state index contributed by atoms with van der Waals surface area (Å²) in [4.78, 5) is 32.7. The van der Waals surface area contributed by atoms with Crippen molar-refractivity contribution in [1.29, 1.82) is 0 Å². The van der Waals surface area contributed by atoms with Gasteiger partial charge in [0.1, 0.15) is 11.3 Å². The predicted molar refractivity (Wildman–Crippen MR) is 60.9 cm³/mol. The number of aromatic carboxylic acids is 1. The second-order valence-corrected chi connectivity index (χ2v) is 3.68. The van der Waals surface area contributed by atoms with E-state index in [2.05, 4.69) is 0 Å². The van der Waals surface area contributed by atoms with Crippen molar-refractivity contribution >= 4 is 17.7 Å².